The lowest BCUT2D eigenvalue weighted by Crippen LogP contribution is -2.07. The molecule has 1 aromatic rings. The van der Waals surface area contributed by atoms with Gasteiger partial charge in [-0.3, -0.25) is 9.78 Å². The van der Waals surface area contributed by atoms with Crippen molar-refractivity contribution in [3.8, 4) is 5.75 Å². The molecule has 0 bridgehead atoms. The highest BCUT2D eigenvalue weighted by Gasteiger charge is 2.17. The number of nitrogens with zero attached hydrogens (tertiary/aromatic N) is 1. The third-order valence-corrected chi connectivity index (χ3v) is 4.63. The summed E-state index contributed by atoms with van der Waals surface area (Å²) in [6.45, 7) is 2.72. The zero-order valence-corrected chi connectivity index (χ0v) is 12.2. The molecule has 0 aromatic carbocycles. The summed E-state index contributed by atoms with van der Waals surface area (Å²) >= 11 is 1.79. The quantitative estimate of drug-likeness (QED) is 0.713. The SMILES string of the molecule is CCCOc1cncc(C(=O)CSC2CCCC2)c1. The Morgan fingerprint density at radius 3 is 2.95 bits per heavy atom. The lowest BCUT2D eigenvalue weighted by molar-refractivity contribution is 0.102. The average Bonchev–Trinajstić information content (AvgIpc) is 2.96. The minimum Gasteiger partial charge on any atom is -0.492 e. The van der Waals surface area contributed by atoms with Crippen molar-refractivity contribution in [3.05, 3.63) is 24.0 Å². The van der Waals surface area contributed by atoms with Crippen LogP contribution in [0.15, 0.2) is 18.5 Å². The van der Waals surface area contributed by atoms with E-state index >= 15 is 0 Å². The lowest BCUT2D eigenvalue weighted by Gasteiger charge is -2.08. The molecule has 104 valence electrons. The molecular weight excluding hydrogens is 258 g/mol. The molecule has 4 heteroatoms. The molecule has 1 saturated carbocycles. The first-order valence-corrected chi connectivity index (χ1v) is 8.07. The summed E-state index contributed by atoms with van der Waals surface area (Å²) in [5, 5.41) is 0.677. The van der Waals surface area contributed by atoms with Crippen LogP contribution in [0.2, 0.25) is 0 Å². The third kappa shape index (κ3) is 4.53. The molecule has 0 N–H and O–H groups in total. The van der Waals surface area contributed by atoms with Crippen LogP contribution in [0.3, 0.4) is 0 Å². The van der Waals surface area contributed by atoms with E-state index in [4.69, 9.17) is 4.74 Å². The molecule has 2 rings (SSSR count). The molecule has 1 fully saturated rings. The molecule has 19 heavy (non-hydrogen) atoms. The van der Waals surface area contributed by atoms with Gasteiger partial charge in [-0.05, 0) is 25.3 Å². The van der Waals surface area contributed by atoms with Crippen LogP contribution in [0.1, 0.15) is 49.4 Å². The Balaban J connectivity index is 1.86. The predicted octanol–water partition coefficient (Wildman–Crippen LogP) is 3.73. The molecule has 1 aliphatic carbocycles. The first-order valence-electron chi connectivity index (χ1n) is 7.02. The van der Waals surface area contributed by atoms with Gasteiger partial charge in [0, 0.05) is 17.0 Å². The fourth-order valence-corrected chi connectivity index (χ4v) is 3.42. The van der Waals surface area contributed by atoms with Crippen molar-refractivity contribution in [2.75, 3.05) is 12.4 Å². The minimum absolute atomic E-state index is 0.159. The third-order valence-electron chi connectivity index (χ3n) is 3.26. The van der Waals surface area contributed by atoms with Crippen molar-refractivity contribution in [3.63, 3.8) is 0 Å². The second-order valence-corrected chi connectivity index (χ2v) is 6.19. The van der Waals surface area contributed by atoms with Crippen LogP contribution in [-0.4, -0.2) is 28.4 Å². The number of ketones is 1. The maximum Gasteiger partial charge on any atom is 0.174 e. The van der Waals surface area contributed by atoms with Gasteiger partial charge in [0.05, 0.1) is 18.6 Å². The van der Waals surface area contributed by atoms with Gasteiger partial charge in [0.25, 0.3) is 0 Å². The Kier molecular flexibility index (Phi) is 5.70. The van der Waals surface area contributed by atoms with E-state index in [2.05, 4.69) is 11.9 Å². The standard InChI is InChI=1S/C15H21NO2S/c1-2-7-18-13-8-12(9-16-10-13)15(17)11-19-14-5-3-4-6-14/h8-10,14H,2-7,11H2,1H3. The topological polar surface area (TPSA) is 39.2 Å². The van der Waals surface area contributed by atoms with Gasteiger partial charge in [-0.2, -0.15) is 11.8 Å². The first kappa shape index (κ1) is 14.4. The van der Waals surface area contributed by atoms with Crippen LogP contribution in [0.5, 0.6) is 5.75 Å². The number of aromatic nitrogens is 1. The molecule has 0 aliphatic heterocycles. The number of carbonyl (C=O) groups is 1. The zero-order valence-electron chi connectivity index (χ0n) is 11.4. The molecule has 1 aromatic heterocycles. The molecular formula is C15H21NO2S. The van der Waals surface area contributed by atoms with Crippen LogP contribution in [-0.2, 0) is 0 Å². The molecule has 0 unspecified atom stereocenters. The van der Waals surface area contributed by atoms with Crippen LogP contribution < -0.4 is 4.74 Å². The fraction of sp³-hybridized carbons (Fsp3) is 0.600. The first-order chi connectivity index (χ1) is 9.29. The lowest BCUT2D eigenvalue weighted by atomic mass is 10.2. The number of pyridine rings is 1. The summed E-state index contributed by atoms with van der Waals surface area (Å²) in [5.74, 6) is 1.41. The van der Waals surface area contributed by atoms with Gasteiger partial charge < -0.3 is 4.74 Å². The van der Waals surface area contributed by atoms with Crippen molar-refractivity contribution >= 4 is 17.5 Å². The molecule has 0 amide bonds. The van der Waals surface area contributed by atoms with Gasteiger partial charge in [-0.15, -0.1) is 0 Å². The van der Waals surface area contributed by atoms with Gasteiger partial charge >= 0.3 is 0 Å². The molecule has 1 aliphatic rings. The van der Waals surface area contributed by atoms with Crippen molar-refractivity contribution in [2.24, 2.45) is 0 Å². The van der Waals surface area contributed by atoms with E-state index in [0.29, 0.717) is 28.9 Å². The van der Waals surface area contributed by atoms with Crippen molar-refractivity contribution < 1.29 is 9.53 Å². The summed E-state index contributed by atoms with van der Waals surface area (Å²) in [6.07, 6.45) is 9.40. The summed E-state index contributed by atoms with van der Waals surface area (Å²) in [6, 6.07) is 1.81. The fourth-order valence-electron chi connectivity index (χ4n) is 2.20. The van der Waals surface area contributed by atoms with Crippen molar-refractivity contribution in [2.45, 2.75) is 44.3 Å². The zero-order chi connectivity index (χ0) is 13.5. The van der Waals surface area contributed by atoms with Crippen molar-refractivity contribution in [1.29, 1.82) is 0 Å². The molecule has 3 nitrogen and oxygen atoms in total. The molecule has 1 heterocycles. The maximum absolute atomic E-state index is 12.1. The minimum atomic E-state index is 0.159. The Morgan fingerprint density at radius 1 is 1.42 bits per heavy atom. The largest absolute Gasteiger partial charge is 0.492 e. The number of hydrogen-bond acceptors (Lipinski definition) is 4. The maximum atomic E-state index is 12.1. The summed E-state index contributed by atoms with van der Waals surface area (Å²) in [7, 11) is 0. The highest BCUT2D eigenvalue weighted by atomic mass is 32.2. The van der Waals surface area contributed by atoms with Crippen LogP contribution >= 0.6 is 11.8 Å². The van der Waals surface area contributed by atoms with Crippen LogP contribution in [0.25, 0.3) is 0 Å². The van der Waals surface area contributed by atoms with Crippen LogP contribution in [0, 0.1) is 0 Å². The van der Waals surface area contributed by atoms with Gasteiger partial charge in [-0.1, -0.05) is 19.8 Å². The van der Waals surface area contributed by atoms with Gasteiger partial charge in [0.1, 0.15) is 5.75 Å². The summed E-state index contributed by atoms with van der Waals surface area (Å²) in [4.78, 5) is 16.2. The number of hydrogen-bond donors (Lipinski definition) is 0. The number of rotatable bonds is 7. The van der Waals surface area contributed by atoms with E-state index < -0.39 is 0 Å². The van der Waals surface area contributed by atoms with E-state index in [-0.39, 0.29) is 5.78 Å². The highest BCUT2D eigenvalue weighted by Crippen LogP contribution is 2.29. The van der Waals surface area contributed by atoms with E-state index in [0.717, 1.165) is 6.42 Å². The number of carbonyl (C=O) groups excluding carboxylic acids is 1. The highest BCUT2D eigenvalue weighted by molar-refractivity contribution is 8.00. The Hall–Kier alpha value is -1.03. The van der Waals surface area contributed by atoms with Gasteiger partial charge in [-0.25, -0.2) is 0 Å². The molecule has 0 spiro atoms. The number of thioether (sulfide) groups is 1. The van der Waals surface area contributed by atoms with E-state index in [1.165, 1.54) is 25.7 Å². The Labute approximate surface area is 119 Å². The molecule has 0 radical (unpaired) electrons. The van der Waals surface area contributed by atoms with E-state index in [9.17, 15) is 4.79 Å². The second-order valence-electron chi connectivity index (χ2n) is 4.90. The summed E-state index contributed by atoms with van der Waals surface area (Å²) < 4.78 is 5.50. The molecule has 0 atom stereocenters. The normalized spacial score (nSPS) is 15.6. The monoisotopic (exact) mass is 279 g/mol. The summed E-state index contributed by atoms with van der Waals surface area (Å²) in [5.41, 5.74) is 0.666. The number of ether oxygens (including phenoxy) is 1. The average molecular weight is 279 g/mol. The van der Waals surface area contributed by atoms with E-state index in [1.807, 2.05) is 0 Å². The van der Waals surface area contributed by atoms with Crippen LogP contribution in [0.4, 0.5) is 0 Å². The predicted molar refractivity (Wildman–Crippen MR) is 79.1 cm³/mol. The number of Topliss-reactive ketones (excluding diaryl/α,β-unsaturated/α-hetero) is 1. The van der Waals surface area contributed by atoms with Gasteiger partial charge in [0.15, 0.2) is 5.78 Å². The van der Waals surface area contributed by atoms with Crippen molar-refractivity contribution in [1.82, 2.24) is 4.98 Å². The second kappa shape index (κ2) is 7.53. The Morgan fingerprint density at radius 2 is 2.21 bits per heavy atom. The Bertz CT molecular complexity index is 416. The smallest absolute Gasteiger partial charge is 0.174 e. The molecule has 0 saturated heterocycles. The van der Waals surface area contributed by atoms with Gasteiger partial charge in [0.2, 0.25) is 0 Å². The van der Waals surface area contributed by atoms with E-state index in [1.54, 1.807) is 30.2 Å².